The lowest BCUT2D eigenvalue weighted by molar-refractivity contribution is 0.0370. The maximum atomic E-state index is 13.0. The van der Waals surface area contributed by atoms with Gasteiger partial charge >= 0.3 is 0 Å². The maximum absolute atomic E-state index is 13.0. The molecule has 26 heavy (non-hydrogen) atoms. The van der Waals surface area contributed by atoms with Crippen LogP contribution in [0.3, 0.4) is 0 Å². The lowest BCUT2D eigenvalue weighted by atomic mass is 9.86. The number of hydrogen-bond acceptors (Lipinski definition) is 3. The van der Waals surface area contributed by atoms with Gasteiger partial charge in [-0.25, -0.2) is 8.42 Å². The maximum Gasteiger partial charge on any atom is 0.243 e. The molecule has 1 aliphatic rings. The Bertz CT molecular complexity index is 895. The molecule has 4 nitrogen and oxygen atoms in total. The molecule has 1 aliphatic heterocycles. The van der Waals surface area contributed by atoms with Gasteiger partial charge in [0.15, 0.2) is 0 Å². The average Bonchev–Trinajstić information content (AvgIpc) is 3.01. The highest BCUT2D eigenvalue weighted by Gasteiger charge is 2.42. The monoisotopic (exact) mass is 371 g/mol. The van der Waals surface area contributed by atoms with Gasteiger partial charge in [0.25, 0.3) is 0 Å². The Labute approximate surface area is 155 Å². The molecule has 0 amide bonds. The summed E-state index contributed by atoms with van der Waals surface area (Å²) in [6.45, 7) is 5.96. The molecule has 1 atom stereocenters. The summed E-state index contributed by atoms with van der Waals surface area (Å²) < 4.78 is 27.5. The first-order valence-corrected chi connectivity index (χ1v) is 10.2. The number of benzene rings is 2. The molecule has 0 aromatic heterocycles. The van der Waals surface area contributed by atoms with Crippen molar-refractivity contribution in [1.82, 2.24) is 4.31 Å². The highest BCUT2D eigenvalue weighted by Crippen LogP contribution is 2.36. The quantitative estimate of drug-likeness (QED) is 0.895. The zero-order chi connectivity index (χ0) is 18.9. The molecule has 5 heteroatoms. The minimum Gasteiger partial charge on any atom is -0.390 e. The van der Waals surface area contributed by atoms with E-state index in [1.54, 1.807) is 38.1 Å². The third-order valence-electron chi connectivity index (χ3n) is 4.86. The normalized spacial score (nSPS) is 20.6. The van der Waals surface area contributed by atoms with Crippen molar-refractivity contribution in [3.8, 4) is 0 Å². The Morgan fingerprint density at radius 2 is 1.69 bits per heavy atom. The van der Waals surface area contributed by atoms with E-state index >= 15 is 0 Å². The van der Waals surface area contributed by atoms with Crippen molar-refractivity contribution in [3.05, 3.63) is 71.3 Å². The molecule has 3 rings (SSSR count). The van der Waals surface area contributed by atoms with Gasteiger partial charge in [0.05, 0.1) is 10.5 Å². The van der Waals surface area contributed by atoms with Crippen molar-refractivity contribution in [3.63, 3.8) is 0 Å². The molecule has 0 spiro atoms. The molecule has 1 N–H and O–H groups in total. The lowest BCUT2D eigenvalue weighted by Gasteiger charge is -2.26. The smallest absolute Gasteiger partial charge is 0.243 e. The summed E-state index contributed by atoms with van der Waals surface area (Å²) >= 11 is 0. The summed E-state index contributed by atoms with van der Waals surface area (Å²) in [5.74, 6) is -0.247. The SMILES string of the molecule is Cc1ccc(S(=O)(=O)N2C/C(=C\c3ccccc3)C(C(C)(C)O)C2)cc1. The Kier molecular flexibility index (Phi) is 5.06. The second kappa shape index (κ2) is 6.99. The molecule has 0 saturated carbocycles. The first kappa shape index (κ1) is 18.8. The van der Waals surface area contributed by atoms with E-state index in [0.717, 1.165) is 16.7 Å². The van der Waals surface area contributed by atoms with E-state index in [4.69, 9.17) is 0 Å². The van der Waals surface area contributed by atoms with Gasteiger partial charge in [-0.05, 0) is 44.0 Å². The number of nitrogens with zero attached hydrogens (tertiary/aromatic N) is 1. The Morgan fingerprint density at radius 3 is 2.27 bits per heavy atom. The van der Waals surface area contributed by atoms with Crippen LogP contribution in [0.4, 0.5) is 0 Å². The minimum absolute atomic E-state index is 0.247. The highest BCUT2D eigenvalue weighted by molar-refractivity contribution is 7.89. The zero-order valence-corrected chi connectivity index (χ0v) is 16.2. The Hall–Kier alpha value is -1.95. The van der Waals surface area contributed by atoms with Crippen molar-refractivity contribution in [2.24, 2.45) is 5.92 Å². The van der Waals surface area contributed by atoms with Gasteiger partial charge in [-0.2, -0.15) is 4.31 Å². The summed E-state index contributed by atoms with van der Waals surface area (Å²) in [4.78, 5) is 0.290. The van der Waals surface area contributed by atoms with Gasteiger partial charge in [0.1, 0.15) is 0 Å². The molecule has 1 saturated heterocycles. The molecule has 0 radical (unpaired) electrons. The molecule has 138 valence electrons. The fraction of sp³-hybridized carbons (Fsp3) is 0.333. The van der Waals surface area contributed by atoms with Gasteiger partial charge in [-0.3, -0.25) is 0 Å². The second-order valence-corrected chi connectivity index (χ2v) is 9.38. The molecule has 0 bridgehead atoms. The standard InChI is InChI=1S/C21H25NO3S/c1-16-9-11-19(12-10-16)26(24,25)22-14-18(20(15-22)21(2,3)23)13-17-7-5-4-6-8-17/h4-13,20,23H,14-15H2,1-3H3/b18-13+. The van der Waals surface area contributed by atoms with Crippen LogP contribution in [0.2, 0.25) is 0 Å². The molecular weight excluding hydrogens is 346 g/mol. The first-order valence-electron chi connectivity index (χ1n) is 8.72. The fourth-order valence-corrected chi connectivity index (χ4v) is 4.77. The molecule has 1 fully saturated rings. The lowest BCUT2D eigenvalue weighted by Crippen LogP contribution is -2.35. The molecule has 2 aromatic carbocycles. The average molecular weight is 372 g/mol. The number of hydrogen-bond donors (Lipinski definition) is 1. The van der Waals surface area contributed by atoms with Gasteiger partial charge in [0, 0.05) is 19.0 Å². The summed E-state index contributed by atoms with van der Waals surface area (Å²) in [5.41, 5.74) is 1.95. The topological polar surface area (TPSA) is 57.6 Å². The van der Waals surface area contributed by atoms with E-state index in [-0.39, 0.29) is 12.5 Å². The Balaban J connectivity index is 1.96. The van der Waals surface area contributed by atoms with Crippen LogP contribution >= 0.6 is 0 Å². The van der Waals surface area contributed by atoms with Crippen molar-refractivity contribution in [1.29, 1.82) is 0 Å². The van der Waals surface area contributed by atoms with E-state index in [0.29, 0.717) is 11.4 Å². The summed E-state index contributed by atoms with van der Waals surface area (Å²) in [5, 5.41) is 10.6. The minimum atomic E-state index is -3.59. The first-order chi connectivity index (χ1) is 12.2. The third kappa shape index (κ3) is 3.90. The zero-order valence-electron chi connectivity index (χ0n) is 15.4. The largest absolute Gasteiger partial charge is 0.390 e. The fourth-order valence-electron chi connectivity index (χ4n) is 3.33. The summed E-state index contributed by atoms with van der Waals surface area (Å²) in [6.07, 6.45) is 1.99. The van der Waals surface area contributed by atoms with Crippen LogP contribution < -0.4 is 0 Å². The van der Waals surface area contributed by atoms with Crippen molar-refractivity contribution in [2.45, 2.75) is 31.3 Å². The van der Waals surface area contributed by atoms with Crippen LogP contribution in [-0.4, -0.2) is 36.5 Å². The van der Waals surface area contributed by atoms with Crippen molar-refractivity contribution < 1.29 is 13.5 Å². The molecule has 1 unspecified atom stereocenters. The summed E-state index contributed by atoms with van der Waals surface area (Å²) in [7, 11) is -3.59. The van der Waals surface area contributed by atoms with Crippen molar-refractivity contribution >= 4 is 16.1 Å². The highest BCUT2D eigenvalue weighted by atomic mass is 32.2. The predicted molar refractivity (Wildman–Crippen MR) is 104 cm³/mol. The van der Waals surface area contributed by atoms with Gasteiger partial charge in [-0.15, -0.1) is 0 Å². The van der Waals surface area contributed by atoms with Crippen LogP contribution in [0.15, 0.2) is 65.1 Å². The number of aliphatic hydroxyl groups is 1. The number of aryl methyl sites for hydroxylation is 1. The van der Waals surface area contributed by atoms with E-state index in [1.165, 1.54) is 4.31 Å². The van der Waals surface area contributed by atoms with E-state index in [9.17, 15) is 13.5 Å². The third-order valence-corrected chi connectivity index (χ3v) is 6.68. The predicted octanol–water partition coefficient (Wildman–Crippen LogP) is 3.47. The van der Waals surface area contributed by atoms with Crippen molar-refractivity contribution in [2.75, 3.05) is 13.1 Å². The number of rotatable bonds is 4. The Morgan fingerprint density at radius 1 is 1.08 bits per heavy atom. The molecule has 0 aliphatic carbocycles. The van der Waals surface area contributed by atoms with Gasteiger partial charge in [0.2, 0.25) is 10.0 Å². The van der Waals surface area contributed by atoms with E-state index < -0.39 is 15.6 Å². The van der Waals surface area contributed by atoms with Gasteiger partial charge in [-0.1, -0.05) is 54.1 Å². The van der Waals surface area contributed by atoms with Crippen LogP contribution in [0.5, 0.6) is 0 Å². The second-order valence-electron chi connectivity index (χ2n) is 7.45. The van der Waals surface area contributed by atoms with E-state index in [1.807, 2.05) is 43.3 Å². The molecule has 2 aromatic rings. The van der Waals surface area contributed by atoms with Gasteiger partial charge < -0.3 is 5.11 Å². The van der Waals surface area contributed by atoms with Crippen LogP contribution in [0.25, 0.3) is 6.08 Å². The molecular formula is C21H25NO3S. The number of sulfonamides is 1. The van der Waals surface area contributed by atoms with E-state index in [2.05, 4.69) is 0 Å². The van der Waals surface area contributed by atoms with Crippen LogP contribution in [0.1, 0.15) is 25.0 Å². The van der Waals surface area contributed by atoms with Crippen LogP contribution in [0, 0.1) is 12.8 Å². The van der Waals surface area contributed by atoms with Crippen LogP contribution in [-0.2, 0) is 10.0 Å². The summed E-state index contributed by atoms with van der Waals surface area (Å²) in [6, 6.07) is 16.7. The molecule has 1 heterocycles.